The summed E-state index contributed by atoms with van der Waals surface area (Å²) in [5, 5.41) is 19.5. The minimum Gasteiger partial charge on any atom is -0.369 e. The van der Waals surface area contributed by atoms with Gasteiger partial charge in [0.25, 0.3) is 0 Å². The third-order valence-electron chi connectivity index (χ3n) is 2.42. The van der Waals surface area contributed by atoms with Crippen molar-refractivity contribution in [2.24, 2.45) is 0 Å². The molecule has 1 aromatic heterocycles. The number of hydrogen-bond donors (Lipinski definition) is 1. The zero-order chi connectivity index (χ0) is 13.3. The first-order valence-corrected chi connectivity index (χ1v) is 7.02. The van der Waals surface area contributed by atoms with E-state index in [1.807, 2.05) is 36.0 Å². The zero-order valence-corrected chi connectivity index (χ0v) is 11.2. The number of anilines is 1. The number of nitrogens with one attached hydrogen (secondary N) is 1. The summed E-state index contributed by atoms with van der Waals surface area (Å²) in [7, 11) is 0. The topological polar surface area (TPSA) is 61.6 Å². The van der Waals surface area contributed by atoms with Gasteiger partial charge in [0.05, 0.1) is 0 Å². The lowest BCUT2D eigenvalue weighted by atomic mass is 10.4. The van der Waals surface area contributed by atoms with Crippen LogP contribution in [0.2, 0.25) is 0 Å². The van der Waals surface area contributed by atoms with E-state index < -0.39 is 0 Å². The van der Waals surface area contributed by atoms with Crippen molar-refractivity contribution in [3.05, 3.63) is 48.2 Å². The molecule has 1 aromatic carbocycles. The third kappa shape index (κ3) is 4.60. The predicted octanol–water partition coefficient (Wildman–Crippen LogP) is 2.94. The number of rotatable bonds is 6. The van der Waals surface area contributed by atoms with Crippen molar-refractivity contribution in [1.29, 1.82) is 5.26 Å². The van der Waals surface area contributed by atoms with Crippen LogP contribution >= 0.6 is 11.8 Å². The van der Waals surface area contributed by atoms with E-state index in [9.17, 15) is 0 Å². The van der Waals surface area contributed by atoms with Crippen molar-refractivity contribution in [2.75, 3.05) is 17.6 Å². The Bertz CT molecular complexity index is 534. The van der Waals surface area contributed by atoms with Gasteiger partial charge >= 0.3 is 0 Å². The molecule has 96 valence electrons. The van der Waals surface area contributed by atoms with Crippen LogP contribution < -0.4 is 5.32 Å². The fraction of sp³-hybridized carbons (Fsp3) is 0.214. The zero-order valence-electron chi connectivity index (χ0n) is 10.4. The molecule has 0 unspecified atom stereocenters. The number of aromatic nitrogens is 2. The second-order valence-electron chi connectivity index (χ2n) is 3.86. The van der Waals surface area contributed by atoms with Crippen LogP contribution in [0.25, 0.3) is 0 Å². The van der Waals surface area contributed by atoms with E-state index in [0.717, 1.165) is 18.7 Å². The fourth-order valence-corrected chi connectivity index (χ4v) is 2.36. The van der Waals surface area contributed by atoms with Crippen LogP contribution in [0.15, 0.2) is 47.4 Å². The Balaban J connectivity index is 1.65. The maximum atomic E-state index is 8.61. The van der Waals surface area contributed by atoms with Gasteiger partial charge in [-0.25, -0.2) is 0 Å². The Labute approximate surface area is 116 Å². The quantitative estimate of drug-likeness (QED) is 0.646. The summed E-state index contributed by atoms with van der Waals surface area (Å²) in [5.41, 5.74) is 0.338. The summed E-state index contributed by atoms with van der Waals surface area (Å²) in [5.74, 6) is 1.77. The molecule has 0 amide bonds. The summed E-state index contributed by atoms with van der Waals surface area (Å²) in [6, 6.07) is 15.7. The highest BCUT2D eigenvalue weighted by Gasteiger charge is 1.96. The van der Waals surface area contributed by atoms with E-state index in [-0.39, 0.29) is 0 Å². The molecule has 0 saturated heterocycles. The van der Waals surface area contributed by atoms with Crippen molar-refractivity contribution in [3.63, 3.8) is 0 Å². The highest BCUT2D eigenvalue weighted by atomic mass is 32.2. The molecular weight excluding hydrogens is 256 g/mol. The predicted molar refractivity (Wildman–Crippen MR) is 77.0 cm³/mol. The van der Waals surface area contributed by atoms with Crippen LogP contribution in [0.1, 0.15) is 12.1 Å². The summed E-state index contributed by atoms with van der Waals surface area (Å²) in [6.07, 6.45) is 1.04. The van der Waals surface area contributed by atoms with Crippen molar-refractivity contribution < 1.29 is 0 Å². The number of benzene rings is 1. The molecule has 1 heterocycles. The van der Waals surface area contributed by atoms with Gasteiger partial charge in [-0.2, -0.15) is 5.26 Å². The molecule has 0 atom stereocenters. The Morgan fingerprint density at radius 3 is 2.63 bits per heavy atom. The van der Waals surface area contributed by atoms with Crippen LogP contribution in [0.3, 0.4) is 0 Å². The number of hydrogen-bond acceptors (Lipinski definition) is 5. The lowest BCUT2D eigenvalue weighted by Crippen LogP contribution is -2.05. The normalized spacial score (nSPS) is 9.84. The highest BCUT2D eigenvalue weighted by Crippen LogP contribution is 2.17. The molecule has 0 aliphatic rings. The SMILES string of the molecule is N#Cc1ccc(NCCCSc2ccccc2)nn1. The minimum absolute atomic E-state index is 0.338. The first-order chi connectivity index (χ1) is 9.38. The molecule has 19 heavy (non-hydrogen) atoms. The third-order valence-corrected chi connectivity index (χ3v) is 3.52. The molecule has 0 aliphatic carbocycles. The molecule has 1 N–H and O–H groups in total. The van der Waals surface area contributed by atoms with Gasteiger partial charge in [0, 0.05) is 11.4 Å². The van der Waals surface area contributed by atoms with Crippen molar-refractivity contribution in [1.82, 2.24) is 10.2 Å². The van der Waals surface area contributed by atoms with Gasteiger partial charge in [-0.3, -0.25) is 0 Å². The molecular formula is C14H14N4S. The molecule has 0 bridgehead atoms. The molecule has 4 nitrogen and oxygen atoms in total. The summed E-state index contributed by atoms with van der Waals surface area (Å²) in [6.45, 7) is 0.848. The second-order valence-corrected chi connectivity index (χ2v) is 5.03. The van der Waals surface area contributed by atoms with Gasteiger partial charge in [-0.15, -0.1) is 22.0 Å². The molecule has 0 aliphatic heterocycles. The second kappa shape index (κ2) is 7.39. The molecule has 5 heteroatoms. The van der Waals surface area contributed by atoms with Gasteiger partial charge < -0.3 is 5.32 Å². The van der Waals surface area contributed by atoms with E-state index in [2.05, 4.69) is 27.6 Å². The Hall–Kier alpha value is -2.06. The van der Waals surface area contributed by atoms with Crippen molar-refractivity contribution >= 4 is 17.6 Å². The average molecular weight is 270 g/mol. The fourth-order valence-electron chi connectivity index (χ4n) is 1.48. The monoisotopic (exact) mass is 270 g/mol. The van der Waals surface area contributed by atoms with Crippen LogP contribution in [-0.2, 0) is 0 Å². The highest BCUT2D eigenvalue weighted by molar-refractivity contribution is 7.99. The molecule has 0 radical (unpaired) electrons. The smallest absolute Gasteiger partial charge is 0.163 e. The molecule has 0 saturated carbocycles. The molecule has 0 fully saturated rings. The van der Waals surface area contributed by atoms with Crippen molar-refractivity contribution in [2.45, 2.75) is 11.3 Å². The van der Waals surface area contributed by atoms with Gasteiger partial charge in [0.1, 0.15) is 11.9 Å². The maximum Gasteiger partial charge on any atom is 0.163 e. The van der Waals surface area contributed by atoms with Gasteiger partial charge in [0.2, 0.25) is 0 Å². The number of thioether (sulfide) groups is 1. The molecule has 0 spiro atoms. The Morgan fingerprint density at radius 2 is 1.95 bits per heavy atom. The standard InChI is InChI=1S/C14H14N4S/c15-11-12-7-8-14(18-17-12)16-9-4-10-19-13-5-2-1-3-6-13/h1-3,5-8H,4,9-10H2,(H,16,18). The lowest BCUT2D eigenvalue weighted by Gasteiger charge is -2.04. The molecule has 2 rings (SSSR count). The first-order valence-electron chi connectivity index (χ1n) is 6.04. The molecule has 2 aromatic rings. The van der Waals surface area contributed by atoms with Crippen LogP contribution in [0, 0.1) is 11.3 Å². The van der Waals surface area contributed by atoms with E-state index in [4.69, 9.17) is 5.26 Å². The minimum atomic E-state index is 0.338. The number of nitrogens with zero attached hydrogens (tertiary/aromatic N) is 3. The maximum absolute atomic E-state index is 8.61. The first kappa shape index (κ1) is 13.4. The number of nitriles is 1. The largest absolute Gasteiger partial charge is 0.369 e. The van der Waals surface area contributed by atoms with Crippen LogP contribution in [0.4, 0.5) is 5.82 Å². The summed E-state index contributed by atoms with van der Waals surface area (Å²) < 4.78 is 0. The van der Waals surface area contributed by atoms with E-state index in [1.165, 1.54) is 4.90 Å². The van der Waals surface area contributed by atoms with E-state index in [1.54, 1.807) is 12.1 Å². The summed E-state index contributed by atoms with van der Waals surface area (Å²) >= 11 is 1.84. The lowest BCUT2D eigenvalue weighted by molar-refractivity contribution is 0.945. The van der Waals surface area contributed by atoms with Gasteiger partial charge in [0.15, 0.2) is 5.69 Å². The van der Waals surface area contributed by atoms with E-state index in [0.29, 0.717) is 11.5 Å². The van der Waals surface area contributed by atoms with Gasteiger partial charge in [-0.1, -0.05) is 18.2 Å². The average Bonchev–Trinajstić information content (AvgIpc) is 2.49. The van der Waals surface area contributed by atoms with E-state index >= 15 is 0 Å². The van der Waals surface area contributed by atoms with Gasteiger partial charge in [-0.05, 0) is 36.4 Å². The Morgan fingerprint density at radius 1 is 1.11 bits per heavy atom. The van der Waals surface area contributed by atoms with Crippen LogP contribution in [0.5, 0.6) is 0 Å². The van der Waals surface area contributed by atoms with Crippen molar-refractivity contribution in [3.8, 4) is 6.07 Å². The Kier molecular flexibility index (Phi) is 5.20. The van der Waals surface area contributed by atoms with Crippen LogP contribution in [-0.4, -0.2) is 22.5 Å². The summed E-state index contributed by atoms with van der Waals surface area (Å²) in [4.78, 5) is 1.29.